The summed E-state index contributed by atoms with van der Waals surface area (Å²) in [6.07, 6.45) is 4.20. The van der Waals surface area contributed by atoms with Crippen molar-refractivity contribution in [2.75, 3.05) is 12.0 Å². The molecule has 7 heteroatoms. The summed E-state index contributed by atoms with van der Waals surface area (Å²) in [7, 11) is 1.32. The SMILES string of the molecule is COC(=O)c1cccc(N(C(=O)Cc2cccs2)[C@@H](C(=O)NC2CCCC2)c2ccccc2C)c1. The molecular formula is C28H30N2O4S. The summed E-state index contributed by atoms with van der Waals surface area (Å²) >= 11 is 1.50. The van der Waals surface area contributed by atoms with Crippen molar-refractivity contribution in [2.24, 2.45) is 0 Å². The fourth-order valence-electron chi connectivity index (χ4n) is 4.63. The van der Waals surface area contributed by atoms with E-state index in [4.69, 9.17) is 4.74 Å². The topological polar surface area (TPSA) is 75.7 Å². The molecule has 1 N–H and O–H groups in total. The number of aryl methyl sites for hydroxylation is 1. The highest BCUT2D eigenvalue weighted by atomic mass is 32.1. The molecule has 0 bridgehead atoms. The van der Waals surface area contributed by atoms with E-state index < -0.39 is 12.0 Å². The van der Waals surface area contributed by atoms with Crippen LogP contribution in [0.15, 0.2) is 66.0 Å². The van der Waals surface area contributed by atoms with Crippen LogP contribution in [0.2, 0.25) is 0 Å². The lowest BCUT2D eigenvalue weighted by Gasteiger charge is -2.33. The molecule has 1 aromatic heterocycles. The summed E-state index contributed by atoms with van der Waals surface area (Å²) in [5.41, 5.74) is 2.46. The standard InChI is InChI=1S/C28H30N2O4S/c1-19-9-3-6-15-24(19)26(27(32)29-21-11-4-5-12-21)30(25(31)18-23-14-8-16-35-23)22-13-7-10-20(17-22)28(33)34-2/h3,6-10,13-17,21,26H,4-5,11-12,18H2,1-2H3,(H,29,32)/t26-/m1/s1. The number of rotatable bonds is 8. The fraction of sp³-hybridized carbons (Fsp3) is 0.321. The van der Waals surface area contributed by atoms with E-state index in [1.54, 1.807) is 29.2 Å². The Bertz CT molecular complexity index is 1190. The Balaban J connectivity index is 1.81. The number of hydrogen-bond acceptors (Lipinski definition) is 5. The highest BCUT2D eigenvalue weighted by Crippen LogP contribution is 2.32. The number of benzene rings is 2. The summed E-state index contributed by atoms with van der Waals surface area (Å²) in [4.78, 5) is 42.4. The first-order valence-corrected chi connectivity index (χ1v) is 12.7. The summed E-state index contributed by atoms with van der Waals surface area (Å²) in [6, 6.07) is 17.4. The molecule has 4 rings (SSSR count). The van der Waals surface area contributed by atoms with Crippen molar-refractivity contribution < 1.29 is 19.1 Å². The number of amides is 2. The molecule has 2 amide bonds. The largest absolute Gasteiger partial charge is 0.465 e. The molecule has 2 aromatic carbocycles. The van der Waals surface area contributed by atoms with E-state index in [-0.39, 0.29) is 24.3 Å². The van der Waals surface area contributed by atoms with Gasteiger partial charge in [0, 0.05) is 16.6 Å². The van der Waals surface area contributed by atoms with Gasteiger partial charge < -0.3 is 10.1 Å². The molecule has 0 spiro atoms. The lowest BCUT2D eigenvalue weighted by molar-refractivity contribution is -0.127. The maximum Gasteiger partial charge on any atom is 0.337 e. The third-order valence-electron chi connectivity index (χ3n) is 6.41. The molecule has 1 aliphatic carbocycles. The van der Waals surface area contributed by atoms with Crippen molar-refractivity contribution >= 4 is 34.8 Å². The summed E-state index contributed by atoms with van der Waals surface area (Å²) in [6.45, 7) is 1.94. The van der Waals surface area contributed by atoms with Crippen LogP contribution >= 0.6 is 11.3 Å². The van der Waals surface area contributed by atoms with Gasteiger partial charge in [0.1, 0.15) is 6.04 Å². The number of thiophene rings is 1. The Morgan fingerprint density at radius 1 is 1.06 bits per heavy atom. The molecule has 1 heterocycles. The highest BCUT2D eigenvalue weighted by molar-refractivity contribution is 7.10. The minimum Gasteiger partial charge on any atom is -0.465 e. The van der Waals surface area contributed by atoms with Gasteiger partial charge >= 0.3 is 5.97 Å². The van der Waals surface area contributed by atoms with Crippen LogP contribution in [0.1, 0.15) is 58.1 Å². The minimum absolute atomic E-state index is 0.102. The zero-order chi connectivity index (χ0) is 24.8. The van der Waals surface area contributed by atoms with Gasteiger partial charge in [-0.3, -0.25) is 14.5 Å². The van der Waals surface area contributed by atoms with Crippen molar-refractivity contribution in [3.8, 4) is 0 Å². The van der Waals surface area contributed by atoms with Crippen LogP contribution in [-0.4, -0.2) is 30.9 Å². The molecule has 1 aliphatic rings. The van der Waals surface area contributed by atoms with Gasteiger partial charge in [0.15, 0.2) is 0 Å². The number of esters is 1. The first kappa shape index (κ1) is 24.7. The average Bonchev–Trinajstić information content (AvgIpc) is 3.57. The molecule has 35 heavy (non-hydrogen) atoms. The van der Waals surface area contributed by atoms with Crippen LogP contribution in [0.4, 0.5) is 5.69 Å². The Labute approximate surface area is 209 Å². The maximum absolute atomic E-state index is 13.9. The number of nitrogens with one attached hydrogen (secondary N) is 1. The van der Waals surface area contributed by atoms with Crippen molar-refractivity contribution in [1.82, 2.24) is 5.32 Å². The van der Waals surface area contributed by atoms with Crippen LogP contribution in [0, 0.1) is 6.92 Å². The zero-order valence-corrected chi connectivity index (χ0v) is 20.8. The number of methoxy groups -OCH3 is 1. The molecule has 0 saturated heterocycles. The lowest BCUT2D eigenvalue weighted by Crippen LogP contribution is -2.47. The number of carbonyl (C=O) groups excluding carboxylic acids is 3. The zero-order valence-electron chi connectivity index (χ0n) is 20.0. The second-order valence-corrected chi connectivity index (χ2v) is 9.84. The quantitative estimate of drug-likeness (QED) is 0.440. The van der Waals surface area contributed by atoms with E-state index in [2.05, 4.69) is 5.32 Å². The van der Waals surface area contributed by atoms with Gasteiger partial charge in [0.25, 0.3) is 0 Å². The predicted octanol–water partition coefficient (Wildman–Crippen LogP) is 5.22. The average molecular weight is 491 g/mol. The van der Waals surface area contributed by atoms with E-state index in [9.17, 15) is 14.4 Å². The van der Waals surface area contributed by atoms with E-state index in [0.29, 0.717) is 11.3 Å². The second-order valence-electron chi connectivity index (χ2n) is 8.81. The Hall–Kier alpha value is -3.45. The molecule has 0 unspecified atom stereocenters. The monoisotopic (exact) mass is 490 g/mol. The fourth-order valence-corrected chi connectivity index (χ4v) is 5.32. The summed E-state index contributed by atoms with van der Waals surface area (Å²) in [5, 5.41) is 5.12. The number of ether oxygens (including phenoxy) is 1. The van der Waals surface area contributed by atoms with E-state index in [1.165, 1.54) is 18.4 Å². The third-order valence-corrected chi connectivity index (χ3v) is 7.29. The second kappa shape index (κ2) is 11.3. The maximum atomic E-state index is 13.9. The van der Waals surface area contributed by atoms with Crippen molar-refractivity contribution in [1.29, 1.82) is 0 Å². The summed E-state index contributed by atoms with van der Waals surface area (Å²) < 4.78 is 4.90. The van der Waals surface area contributed by atoms with Gasteiger partial charge in [0.2, 0.25) is 11.8 Å². The van der Waals surface area contributed by atoms with Crippen LogP contribution in [-0.2, 0) is 20.7 Å². The van der Waals surface area contributed by atoms with Crippen LogP contribution in [0.3, 0.4) is 0 Å². The van der Waals surface area contributed by atoms with Crippen molar-refractivity contribution in [3.63, 3.8) is 0 Å². The van der Waals surface area contributed by atoms with Crippen LogP contribution < -0.4 is 10.2 Å². The van der Waals surface area contributed by atoms with E-state index in [0.717, 1.165) is 41.7 Å². The van der Waals surface area contributed by atoms with Gasteiger partial charge in [-0.2, -0.15) is 0 Å². The first-order chi connectivity index (χ1) is 17.0. The van der Waals surface area contributed by atoms with Crippen LogP contribution in [0.5, 0.6) is 0 Å². The Morgan fingerprint density at radius 3 is 2.51 bits per heavy atom. The molecule has 3 aromatic rings. The normalized spacial score (nSPS) is 14.3. The first-order valence-electron chi connectivity index (χ1n) is 11.9. The Kier molecular flexibility index (Phi) is 7.98. The molecular weight excluding hydrogens is 460 g/mol. The molecule has 1 atom stereocenters. The smallest absolute Gasteiger partial charge is 0.337 e. The van der Waals surface area contributed by atoms with E-state index >= 15 is 0 Å². The molecule has 6 nitrogen and oxygen atoms in total. The van der Waals surface area contributed by atoms with Gasteiger partial charge in [-0.1, -0.05) is 49.2 Å². The molecule has 0 radical (unpaired) electrons. The lowest BCUT2D eigenvalue weighted by atomic mass is 9.97. The molecule has 182 valence electrons. The molecule has 1 fully saturated rings. The summed E-state index contributed by atoms with van der Waals surface area (Å²) in [5.74, 6) is -0.932. The number of nitrogens with zero attached hydrogens (tertiary/aromatic N) is 1. The molecule has 1 saturated carbocycles. The predicted molar refractivity (Wildman–Crippen MR) is 138 cm³/mol. The van der Waals surface area contributed by atoms with Gasteiger partial charge in [-0.05, 0) is 60.5 Å². The number of hydrogen-bond donors (Lipinski definition) is 1. The van der Waals surface area contributed by atoms with Crippen molar-refractivity contribution in [2.45, 2.75) is 51.1 Å². The van der Waals surface area contributed by atoms with E-state index in [1.807, 2.05) is 48.7 Å². The Morgan fingerprint density at radius 2 is 1.83 bits per heavy atom. The van der Waals surface area contributed by atoms with Crippen molar-refractivity contribution in [3.05, 3.63) is 87.6 Å². The number of carbonyl (C=O) groups is 3. The van der Waals surface area contributed by atoms with Gasteiger partial charge in [-0.25, -0.2) is 4.79 Å². The van der Waals surface area contributed by atoms with Crippen LogP contribution in [0.25, 0.3) is 0 Å². The van der Waals surface area contributed by atoms with Gasteiger partial charge in [0.05, 0.1) is 19.1 Å². The highest BCUT2D eigenvalue weighted by Gasteiger charge is 2.35. The molecule has 0 aliphatic heterocycles. The van der Waals surface area contributed by atoms with Gasteiger partial charge in [-0.15, -0.1) is 11.3 Å². The number of anilines is 1. The minimum atomic E-state index is -0.878. The third kappa shape index (κ3) is 5.80.